The van der Waals surface area contributed by atoms with Crippen LogP contribution in [0.2, 0.25) is 0 Å². The van der Waals surface area contributed by atoms with E-state index < -0.39 is 20.1 Å². The van der Waals surface area contributed by atoms with Crippen molar-refractivity contribution in [2.75, 3.05) is 0 Å². The molecule has 0 unspecified atom stereocenters. The van der Waals surface area contributed by atoms with Gasteiger partial charge in [-0.05, 0) is 36.4 Å². The number of hydrogen-bond acceptors (Lipinski definition) is 3. The maximum Gasteiger partial charge on any atom is 0.335 e. The van der Waals surface area contributed by atoms with Crippen LogP contribution in [-0.2, 0) is 0 Å². The third-order valence-electron chi connectivity index (χ3n) is 3.64. The second kappa shape index (κ2) is 7.81. The molecule has 0 fully saturated rings. The van der Waals surface area contributed by atoms with Gasteiger partial charge in [-0.2, -0.15) is 0 Å². The van der Waals surface area contributed by atoms with Crippen LogP contribution in [0.3, 0.4) is 0 Å². The number of carboxylic acid groups (broad SMARTS) is 2. The number of aromatic carboxylic acids is 2. The van der Waals surface area contributed by atoms with Crippen molar-refractivity contribution in [1.82, 2.24) is 0 Å². The molecule has 0 radical (unpaired) electrons. The first-order valence-electron chi connectivity index (χ1n) is 7.74. The Balaban J connectivity index is 1.98. The van der Waals surface area contributed by atoms with E-state index in [1.807, 2.05) is 30.3 Å². The molecule has 0 heterocycles. The summed E-state index contributed by atoms with van der Waals surface area (Å²) in [5, 5.41) is 19.8. The summed E-state index contributed by atoms with van der Waals surface area (Å²) >= 11 is 0. The molecule has 0 aliphatic carbocycles. The molecule has 0 aliphatic rings. The molecule has 3 aromatic rings. The maximum absolute atomic E-state index is 11.1. The van der Waals surface area contributed by atoms with Gasteiger partial charge in [0.25, 0.3) is 0 Å². The zero-order chi connectivity index (χ0) is 18.5. The van der Waals surface area contributed by atoms with Gasteiger partial charge in [0, 0.05) is 10.6 Å². The fourth-order valence-electron chi connectivity index (χ4n) is 2.32. The van der Waals surface area contributed by atoms with Crippen LogP contribution in [0.4, 0.5) is 0 Å². The van der Waals surface area contributed by atoms with Crippen LogP contribution >= 0.6 is 8.15 Å². The van der Waals surface area contributed by atoms with Crippen molar-refractivity contribution in [3.8, 4) is 5.75 Å². The van der Waals surface area contributed by atoms with Gasteiger partial charge in [0.1, 0.15) is 5.75 Å². The molecular weight excluding hydrogens is 351 g/mol. The standard InChI is InChI=1S/C20H15O5P/c21-19(22)14-6-10-17(11-7-14)26(25-16-4-2-1-3-5-16)18-12-8-15(9-13-18)20(23)24/h1-13H,(H,21,22)(H,23,24). The predicted molar refractivity (Wildman–Crippen MR) is 100 cm³/mol. The van der Waals surface area contributed by atoms with Gasteiger partial charge in [-0.15, -0.1) is 0 Å². The fraction of sp³-hybridized carbons (Fsp3) is 0. The Labute approximate surface area is 151 Å². The number of benzene rings is 3. The van der Waals surface area contributed by atoms with Crippen LogP contribution < -0.4 is 15.1 Å². The topological polar surface area (TPSA) is 83.8 Å². The summed E-state index contributed by atoms with van der Waals surface area (Å²) in [5.41, 5.74) is 0.397. The number of hydrogen-bond donors (Lipinski definition) is 2. The Morgan fingerprint density at radius 3 is 1.46 bits per heavy atom. The van der Waals surface area contributed by atoms with E-state index in [1.165, 1.54) is 24.3 Å². The fourth-order valence-corrected chi connectivity index (χ4v) is 4.00. The Hall–Kier alpha value is -3.17. The quantitative estimate of drug-likeness (QED) is 0.652. The highest BCUT2D eigenvalue weighted by atomic mass is 31.1. The van der Waals surface area contributed by atoms with E-state index in [-0.39, 0.29) is 11.1 Å². The van der Waals surface area contributed by atoms with Gasteiger partial charge in [0.15, 0.2) is 8.15 Å². The SMILES string of the molecule is O=C(O)c1ccc(P(Oc2ccccc2)c2ccc(C(=O)O)cc2)cc1. The molecule has 2 N–H and O–H groups in total. The summed E-state index contributed by atoms with van der Waals surface area (Å²) in [7, 11) is -1.28. The minimum atomic E-state index is -1.28. The molecule has 3 rings (SSSR count). The number of rotatable bonds is 6. The Morgan fingerprint density at radius 2 is 1.08 bits per heavy atom. The largest absolute Gasteiger partial charge is 0.478 e. The molecule has 0 saturated carbocycles. The van der Waals surface area contributed by atoms with Gasteiger partial charge in [-0.3, -0.25) is 0 Å². The Kier molecular flexibility index (Phi) is 5.30. The van der Waals surface area contributed by atoms with Crippen LogP contribution in [-0.4, -0.2) is 22.2 Å². The molecular formula is C20H15O5P. The molecule has 0 aromatic heterocycles. The summed E-state index contributed by atoms with van der Waals surface area (Å²) in [6.07, 6.45) is 0. The van der Waals surface area contributed by atoms with E-state index in [4.69, 9.17) is 14.7 Å². The van der Waals surface area contributed by atoms with Crippen LogP contribution in [0.1, 0.15) is 20.7 Å². The average Bonchev–Trinajstić information content (AvgIpc) is 2.67. The molecule has 0 bridgehead atoms. The van der Waals surface area contributed by atoms with E-state index in [0.29, 0.717) is 5.75 Å². The third-order valence-corrected chi connectivity index (χ3v) is 5.57. The van der Waals surface area contributed by atoms with E-state index in [1.54, 1.807) is 24.3 Å². The summed E-state index contributed by atoms with van der Waals surface area (Å²) in [5.74, 6) is -1.30. The lowest BCUT2D eigenvalue weighted by Gasteiger charge is -2.19. The molecule has 0 spiro atoms. The van der Waals surface area contributed by atoms with Crippen molar-refractivity contribution in [1.29, 1.82) is 0 Å². The van der Waals surface area contributed by atoms with Gasteiger partial charge in [0.05, 0.1) is 11.1 Å². The Morgan fingerprint density at radius 1 is 0.654 bits per heavy atom. The minimum absolute atomic E-state index is 0.199. The highest BCUT2D eigenvalue weighted by Crippen LogP contribution is 2.36. The highest BCUT2D eigenvalue weighted by Gasteiger charge is 2.18. The first kappa shape index (κ1) is 17.6. The number of carboxylic acids is 2. The van der Waals surface area contributed by atoms with Crippen molar-refractivity contribution in [2.24, 2.45) is 0 Å². The van der Waals surface area contributed by atoms with Gasteiger partial charge in [0.2, 0.25) is 0 Å². The smallest absolute Gasteiger partial charge is 0.335 e. The average molecular weight is 366 g/mol. The van der Waals surface area contributed by atoms with Crippen molar-refractivity contribution in [3.05, 3.63) is 90.0 Å². The van der Waals surface area contributed by atoms with Gasteiger partial charge in [-0.1, -0.05) is 42.5 Å². The molecule has 130 valence electrons. The summed E-state index contributed by atoms with van der Waals surface area (Å²) in [6.45, 7) is 0. The van der Waals surface area contributed by atoms with Crippen molar-refractivity contribution >= 4 is 30.7 Å². The summed E-state index contributed by atoms with van der Waals surface area (Å²) < 4.78 is 6.16. The van der Waals surface area contributed by atoms with Crippen LogP contribution in [0, 0.1) is 0 Å². The lowest BCUT2D eigenvalue weighted by atomic mass is 10.2. The summed E-state index contributed by atoms with van der Waals surface area (Å²) in [6, 6.07) is 22.3. The lowest BCUT2D eigenvalue weighted by molar-refractivity contribution is 0.0686. The molecule has 5 nitrogen and oxygen atoms in total. The first-order valence-corrected chi connectivity index (χ1v) is 9.00. The first-order chi connectivity index (χ1) is 12.5. The highest BCUT2D eigenvalue weighted by molar-refractivity contribution is 7.68. The number of para-hydroxylation sites is 1. The van der Waals surface area contributed by atoms with Crippen LogP contribution in [0.25, 0.3) is 0 Å². The normalized spacial score (nSPS) is 10.5. The van der Waals surface area contributed by atoms with E-state index >= 15 is 0 Å². The molecule has 0 aliphatic heterocycles. The maximum atomic E-state index is 11.1. The predicted octanol–water partition coefficient (Wildman–Crippen LogP) is 3.51. The molecule has 3 aromatic carbocycles. The van der Waals surface area contributed by atoms with Crippen molar-refractivity contribution in [3.63, 3.8) is 0 Å². The molecule has 0 saturated heterocycles. The van der Waals surface area contributed by atoms with Crippen LogP contribution in [0.15, 0.2) is 78.9 Å². The minimum Gasteiger partial charge on any atom is -0.478 e. The van der Waals surface area contributed by atoms with E-state index in [2.05, 4.69) is 0 Å². The van der Waals surface area contributed by atoms with E-state index in [0.717, 1.165) is 10.6 Å². The molecule has 26 heavy (non-hydrogen) atoms. The van der Waals surface area contributed by atoms with Crippen molar-refractivity contribution in [2.45, 2.75) is 0 Å². The van der Waals surface area contributed by atoms with Crippen LogP contribution in [0.5, 0.6) is 5.75 Å². The molecule has 6 heteroatoms. The monoisotopic (exact) mass is 366 g/mol. The lowest BCUT2D eigenvalue weighted by Crippen LogP contribution is -2.16. The van der Waals surface area contributed by atoms with Gasteiger partial charge in [-0.25, -0.2) is 9.59 Å². The summed E-state index contributed by atoms with van der Waals surface area (Å²) in [4.78, 5) is 22.1. The van der Waals surface area contributed by atoms with Crippen molar-refractivity contribution < 1.29 is 24.3 Å². The van der Waals surface area contributed by atoms with Gasteiger partial charge < -0.3 is 14.7 Å². The third kappa shape index (κ3) is 4.08. The zero-order valence-electron chi connectivity index (χ0n) is 13.6. The second-order valence-electron chi connectivity index (χ2n) is 5.40. The number of carbonyl (C=O) groups is 2. The van der Waals surface area contributed by atoms with Gasteiger partial charge >= 0.3 is 11.9 Å². The molecule has 0 amide bonds. The zero-order valence-corrected chi connectivity index (χ0v) is 14.5. The Bertz CT molecular complexity index is 848. The van der Waals surface area contributed by atoms with E-state index in [9.17, 15) is 9.59 Å². The molecule has 0 atom stereocenters. The second-order valence-corrected chi connectivity index (χ2v) is 7.21.